The van der Waals surface area contributed by atoms with E-state index in [-0.39, 0.29) is 12.0 Å². The number of rotatable bonds is 4. The molecule has 3 nitrogen and oxygen atoms in total. The summed E-state index contributed by atoms with van der Waals surface area (Å²) in [6, 6.07) is 5.28. The minimum Gasteiger partial charge on any atom is -0.354 e. The highest BCUT2D eigenvalue weighted by Crippen LogP contribution is 2.45. The largest absolute Gasteiger partial charge is 0.354 e. The zero-order valence-corrected chi connectivity index (χ0v) is 11.8. The number of benzene rings is 1. The highest BCUT2D eigenvalue weighted by Gasteiger charge is 2.49. The lowest BCUT2D eigenvalue weighted by atomic mass is 10.1. The van der Waals surface area contributed by atoms with E-state index < -0.39 is 6.10 Å². The molecule has 0 unspecified atom stereocenters. The Kier molecular flexibility index (Phi) is 4.15. The van der Waals surface area contributed by atoms with Crippen LogP contribution in [0.4, 0.5) is 0 Å². The number of ether oxygens (including phenoxy) is 1. The molecule has 1 amide bonds. The van der Waals surface area contributed by atoms with Crippen LogP contribution < -0.4 is 0 Å². The van der Waals surface area contributed by atoms with Gasteiger partial charge in [-0.3, -0.25) is 4.79 Å². The van der Waals surface area contributed by atoms with Gasteiger partial charge in [0.05, 0.1) is 0 Å². The first-order chi connectivity index (χ1) is 8.60. The van der Waals surface area contributed by atoms with E-state index in [2.05, 4.69) is 0 Å². The van der Waals surface area contributed by atoms with Crippen LogP contribution in [0.3, 0.4) is 0 Å². The molecule has 0 bridgehead atoms. The van der Waals surface area contributed by atoms with E-state index in [1.165, 1.54) is 0 Å². The number of hydrogen-bond donors (Lipinski definition) is 0. The number of carbonyl (C=O) groups is 1. The third-order valence-corrected chi connectivity index (χ3v) is 3.75. The molecule has 1 saturated heterocycles. The molecular weight excluding hydrogens is 273 g/mol. The molecule has 2 rings (SSSR count). The van der Waals surface area contributed by atoms with Crippen molar-refractivity contribution in [2.24, 2.45) is 0 Å². The summed E-state index contributed by atoms with van der Waals surface area (Å²) in [6.07, 6.45) is -0.749. The fourth-order valence-corrected chi connectivity index (χ4v) is 2.63. The Bertz CT molecular complexity index is 440. The predicted octanol–water partition coefficient (Wildman–Crippen LogP) is 3.30. The third-order valence-electron chi connectivity index (χ3n) is 3.09. The molecule has 1 aromatic rings. The lowest BCUT2D eigenvalue weighted by molar-refractivity contribution is -0.132. The molecule has 1 aliphatic heterocycles. The molecule has 1 aromatic carbocycles. The molecule has 18 heavy (non-hydrogen) atoms. The quantitative estimate of drug-likeness (QED) is 0.796. The third kappa shape index (κ3) is 2.48. The number of nitrogens with zero attached hydrogens (tertiary/aromatic N) is 1. The first kappa shape index (κ1) is 13.7. The number of hydrogen-bond acceptors (Lipinski definition) is 2. The molecule has 98 valence electrons. The van der Waals surface area contributed by atoms with Crippen molar-refractivity contribution in [1.82, 2.24) is 4.90 Å². The van der Waals surface area contributed by atoms with Crippen molar-refractivity contribution in [3.05, 3.63) is 33.8 Å². The summed E-state index contributed by atoms with van der Waals surface area (Å²) >= 11 is 12.2. The molecule has 1 aliphatic rings. The zero-order valence-electron chi connectivity index (χ0n) is 10.3. The van der Waals surface area contributed by atoms with Crippen LogP contribution in [0.25, 0.3) is 0 Å². The highest BCUT2D eigenvalue weighted by molar-refractivity contribution is 6.36. The monoisotopic (exact) mass is 287 g/mol. The summed E-state index contributed by atoms with van der Waals surface area (Å²) in [7, 11) is 0. The normalized spacial score (nSPS) is 21.8. The van der Waals surface area contributed by atoms with Crippen molar-refractivity contribution in [3.8, 4) is 0 Å². The van der Waals surface area contributed by atoms with Gasteiger partial charge in [0.1, 0.15) is 6.10 Å². The molecular formula is C13H15Cl2NO2. The van der Waals surface area contributed by atoms with Gasteiger partial charge in [-0.05, 0) is 26.0 Å². The van der Waals surface area contributed by atoms with Crippen molar-refractivity contribution in [2.75, 3.05) is 13.1 Å². The van der Waals surface area contributed by atoms with Crippen molar-refractivity contribution in [2.45, 2.75) is 26.1 Å². The van der Waals surface area contributed by atoms with E-state index in [1.807, 2.05) is 13.8 Å². The van der Waals surface area contributed by atoms with Crippen LogP contribution in [0.2, 0.25) is 10.0 Å². The fraction of sp³-hybridized carbons (Fsp3) is 0.462. The summed E-state index contributed by atoms with van der Waals surface area (Å²) in [6.45, 7) is 5.25. The van der Waals surface area contributed by atoms with Gasteiger partial charge in [-0.2, -0.15) is 0 Å². The Hall–Kier alpha value is -0.770. The van der Waals surface area contributed by atoms with E-state index in [4.69, 9.17) is 27.9 Å². The predicted molar refractivity (Wildman–Crippen MR) is 72.0 cm³/mol. The SMILES string of the molecule is CCN(CC)C(=O)[C@H]1O[C@H]1c1c(Cl)cccc1Cl. The van der Waals surface area contributed by atoms with Crippen LogP contribution in [0, 0.1) is 0 Å². The maximum atomic E-state index is 12.1. The fourth-order valence-electron chi connectivity index (χ4n) is 2.02. The Balaban J connectivity index is 2.14. The summed E-state index contributed by atoms with van der Waals surface area (Å²) in [4.78, 5) is 13.8. The summed E-state index contributed by atoms with van der Waals surface area (Å²) in [5.74, 6) is 0.000913. The molecule has 1 fully saturated rings. The van der Waals surface area contributed by atoms with Gasteiger partial charge in [0.2, 0.25) is 0 Å². The second-order valence-electron chi connectivity index (χ2n) is 4.12. The second kappa shape index (κ2) is 5.47. The summed E-state index contributed by atoms with van der Waals surface area (Å²) in [5, 5.41) is 1.09. The Morgan fingerprint density at radius 1 is 1.28 bits per heavy atom. The lowest BCUT2D eigenvalue weighted by Crippen LogP contribution is -2.34. The molecule has 0 saturated carbocycles. The van der Waals surface area contributed by atoms with Gasteiger partial charge in [-0.15, -0.1) is 0 Å². The number of epoxide rings is 1. The first-order valence-corrected chi connectivity index (χ1v) is 6.73. The van der Waals surface area contributed by atoms with Gasteiger partial charge >= 0.3 is 0 Å². The summed E-state index contributed by atoms with van der Waals surface area (Å²) in [5.41, 5.74) is 0.714. The van der Waals surface area contributed by atoms with Crippen molar-refractivity contribution >= 4 is 29.1 Å². The van der Waals surface area contributed by atoms with Gasteiger partial charge in [0.15, 0.2) is 6.10 Å². The number of likely N-dealkylation sites (N-methyl/N-ethyl adjacent to an activating group) is 1. The Morgan fingerprint density at radius 2 is 1.83 bits per heavy atom. The van der Waals surface area contributed by atoms with E-state index in [0.29, 0.717) is 28.7 Å². The maximum absolute atomic E-state index is 12.1. The maximum Gasteiger partial charge on any atom is 0.254 e. The van der Waals surface area contributed by atoms with Crippen LogP contribution >= 0.6 is 23.2 Å². The topological polar surface area (TPSA) is 32.8 Å². The van der Waals surface area contributed by atoms with Crippen LogP contribution in [0.1, 0.15) is 25.5 Å². The molecule has 0 aliphatic carbocycles. The molecule has 0 aromatic heterocycles. The van der Waals surface area contributed by atoms with Gasteiger partial charge in [0, 0.05) is 28.7 Å². The average Bonchev–Trinajstić information content (AvgIpc) is 3.10. The first-order valence-electron chi connectivity index (χ1n) is 5.98. The zero-order chi connectivity index (χ0) is 13.3. The van der Waals surface area contributed by atoms with E-state index in [1.54, 1.807) is 23.1 Å². The van der Waals surface area contributed by atoms with Crippen LogP contribution in [0.5, 0.6) is 0 Å². The smallest absolute Gasteiger partial charge is 0.254 e. The average molecular weight is 288 g/mol. The molecule has 0 N–H and O–H groups in total. The van der Waals surface area contributed by atoms with Crippen LogP contribution in [-0.2, 0) is 9.53 Å². The minimum atomic E-state index is -0.442. The van der Waals surface area contributed by atoms with Crippen LogP contribution in [-0.4, -0.2) is 30.0 Å². The molecule has 5 heteroatoms. The van der Waals surface area contributed by atoms with E-state index in [0.717, 1.165) is 0 Å². The van der Waals surface area contributed by atoms with E-state index in [9.17, 15) is 4.79 Å². The van der Waals surface area contributed by atoms with Crippen molar-refractivity contribution < 1.29 is 9.53 Å². The molecule has 1 heterocycles. The standard InChI is InChI=1S/C13H15Cl2NO2/c1-3-16(4-2)13(17)12-11(18-12)10-8(14)6-5-7-9(10)15/h5-7,11-12H,3-4H2,1-2H3/t11-,12-/m0/s1. The number of carbonyl (C=O) groups excluding carboxylic acids is 1. The van der Waals surface area contributed by atoms with Crippen molar-refractivity contribution in [1.29, 1.82) is 0 Å². The second-order valence-corrected chi connectivity index (χ2v) is 4.94. The minimum absolute atomic E-state index is 0.000913. The number of halogens is 2. The summed E-state index contributed by atoms with van der Waals surface area (Å²) < 4.78 is 5.45. The van der Waals surface area contributed by atoms with Crippen molar-refractivity contribution in [3.63, 3.8) is 0 Å². The molecule has 0 radical (unpaired) electrons. The lowest BCUT2D eigenvalue weighted by Gasteiger charge is -2.17. The Labute approximate surface area is 117 Å². The molecule has 0 spiro atoms. The van der Waals surface area contributed by atoms with E-state index >= 15 is 0 Å². The highest BCUT2D eigenvalue weighted by atomic mass is 35.5. The van der Waals surface area contributed by atoms with Crippen LogP contribution in [0.15, 0.2) is 18.2 Å². The Morgan fingerprint density at radius 3 is 2.33 bits per heavy atom. The molecule has 2 atom stereocenters. The number of amides is 1. The van der Waals surface area contributed by atoms with Gasteiger partial charge in [-0.1, -0.05) is 29.3 Å². The van der Waals surface area contributed by atoms with Gasteiger partial charge < -0.3 is 9.64 Å². The van der Waals surface area contributed by atoms with Gasteiger partial charge in [0.25, 0.3) is 5.91 Å². The van der Waals surface area contributed by atoms with Gasteiger partial charge in [-0.25, -0.2) is 0 Å².